The van der Waals surface area contributed by atoms with Crippen LogP contribution in [0.25, 0.3) is 22.3 Å². The highest BCUT2D eigenvalue weighted by Gasteiger charge is 2.54. The second kappa shape index (κ2) is 22.7. The van der Waals surface area contributed by atoms with Crippen molar-refractivity contribution in [1.29, 1.82) is 0 Å². The van der Waals surface area contributed by atoms with Gasteiger partial charge >= 0.3 is 23.9 Å². The van der Waals surface area contributed by atoms with Crippen LogP contribution in [0.2, 0.25) is 0 Å². The molecule has 3 heterocycles. The zero-order valence-corrected chi connectivity index (χ0v) is 38.4. The van der Waals surface area contributed by atoms with E-state index >= 15 is 0 Å². The lowest BCUT2D eigenvalue weighted by Crippen LogP contribution is -2.65. The minimum absolute atomic E-state index is 0.0335. The lowest BCUT2D eigenvalue weighted by atomic mass is 9.98. The second-order valence-electron chi connectivity index (χ2n) is 16.1. The van der Waals surface area contributed by atoms with E-state index in [0.29, 0.717) is 11.3 Å². The van der Waals surface area contributed by atoms with Crippen molar-refractivity contribution in [1.82, 2.24) is 0 Å². The number of benzene rings is 4. The van der Waals surface area contributed by atoms with Crippen molar-refractivity contribution in [2.45, 2.75) is 103 Å². The molecular weight excluding hydrogens is 901 g/mol. The number of carbonyl (C=O) groups is 4. The summed E-state index contributed by atoms with van der Waals surface area (Å²) in [7, 11) is 0. The van der Waals surface area contributed by atoms with Crippen molar-refractivity contribution >= 4 is 34.8 Å². The molecule has 2 fully saturated rings. The Morgan fingerprint density at radius 1 is 0.696 bits per heavy atom. The average molecular weight is 953 g/mol. The predicted octanol–water partition coefficient (Wildman–Crippen LogP) is 6.49. The molecule has 18 nitrogen and oxygen atoms in total. The molecule has 0 bridgehead atoms. The number of hydrogen-bond donors (Lipinski definition) is 1. The van der Waals surface area contributed by atoms with Gasteiger partial charge < -0.3 is 61.6 Å². The van der Waals surface area contributed by atoms with Gasteiger partial charge in [0, 0.05) is 45.4 Å². The summed E-state index contributed by atoms with van der Waals surface area (Å²) in [6.07, 6.45) is -10.9. The lowest BCUT2D eigenvalue weighted by Gasteiger charge is -2.47. The maximum atomic E-state index is 14.7. The summed E-state index contributed by atoms with van der Waals surface area (Å²) in [6, 6.07) is 27.8. The Morgan fingerprint density at radius 2 is 1.30 bits per heavy atom. The van der Waals surface area contributed by atoms with Crippen molar-refractivity contribution in [3.8, 4) is 34.3 Å². The average Bonchev–Trinajstić information content (AvgIpc) is 3.31. The quantitative estimate of drug-likeness (QED) is 0.0564. The van der Waals surface area contributed by atoms with Gasteiger partial charge in [0.05, 0.1) is 19.3 Å². The number of esters is 4. The molecule has 2 saturated heterocycles. The van der Waals surface area contributed by atoms with E-state index in [1.165, 1.54) is 32.1 Å². The summed E-state index contributed by atoms with van der Waals surface area (Å²) in [4.78, 5) is 65.2. The molecule has 2 aliphatic rings. The van der Waals surface area contributed by atoms with Crippen LogP contribution in [-0.4, -0.2) is 97.5 Å². The fraction of sp³-hybridized carbons (Fsp3) is 0.353. The fourth-order valence-electron chi connectivity index (χ4n) is 7.86. The van der Waals surface area contributed by atoms with Gasteiger partial charge in [0.1, 0.15) is 53.6 Å². The summed E-state index contributed by atoms with van der Waals surface area (Å²) in [6.45, 7) is 9.82. The van der Waals surface area contributed by atoms with Gasteiger partial charge in [-0.25, -0.2) is 0 Å². The predicted molar refractivity (Wildman–Crippen MR) is 243 cm³/mol. The number of rotatable bonds is 18. The standard InChI is InChI=1S/C51H52O18/c1-7-22-58-37-23-38(56)41-39(24-37)67-44(35-18-20-36(21-19-35)59-25-33-14-10-8-11-15-33)46(42(41)57)69-51-49(66-32(6)55)47(65-31(5)54)43(28(2)62-51)68-50-48(60-26-34-16-12-9-13-17-34)45(64-30(4)53)40(27-61-50)63-29(3)52/h7-21,23-24,28,40,43,45,47-51,56H,1,22,25-27H2,2-6H3/t28-,40-,43-,45-,47+,48+,49+,50+,51-/m0/s1. The highest BCUT2D eigenvalue weighted by Crippen LogP contribution is 2.40. The van der Waals surface area contributed by atoms with Crippen LogP contribution in [0.5, 0.6) is 23.0 Å². The second-order valence-corrected chi connectivity index (χ2v) is 16.1. The maximum absolute atomic E-state index is 14.7. The van der Waals surface area contributed by atoms with E-state index in [9.17, 15) is 29.1 Å². The van der Waals surface area contributed by atoms with E-state index in [2.05, 4.69) is 6.58 Å². The van der Waals surface area contributed by atoms with Crippen LogP contribution >= 0.6 is 0 Å². The van der Waals surface area contributed by atoms with Crippen molar-refractivity contribution < 1.29 is 80.8 Å². The molecule has 364 valence electrons. The molecule has 0 radical (unpaired) electrons. The van der Waals surface area contributed by atoms with E-state index in [1.54, 1.807) is 55.5 Å². The number of phenolic OH excluding ortho intramolecular Hbond substituents is 1. The van der Waals surface area contributed by atoms with Crippen LogP contribution in [0.15, 0.2) is 119 Å². The first-order valence-corrected chi connectivity index (χ1v) is 22.0. The Hall–Kier alpha value is -7.25. The van der Waals surface area contributed by atoms with E-state index in [4.69, 9.17) is 56.5 Å². The van der Waals surface area contributed by atoms with Crippen LogP contribution in [0.3, 0.4) is 0 Å². The molecule has 1 N–H and O–H groups in total. The zero-order valence-electron chi connectivity index (χ0n) is 38.4. The molecule has 18 heteroatoms. The Kier molecular flexibility index (Phi) is 16.3. The molecular formula is C51H52O18. The van der Waals surface area contributed by atoms with E-state index in [0.717, 1.165) is 25.0 Å². The number of carbonyl (C=O) groups excluding carboxylic acids is 4. The fourth-order valence-corrected chi connectivity index (χ4v) is 7.86. The third-order valence-corrected chi connectivity index (χ3v) is 10.8. The molecule has 2 aliphatic heterocycles. The molecule has 5 aromatic rings. The summed E-state index contributed by atoms with van der Waals surface area (Å²) in [5.41, 5.74) is 1.08. The van der Waals surface area contributed by atoms with Crippen molar-refractivity contribution in [3.05, 3.63) is 131 Å². The first kappa shape index (κ1) is 49.6. The first-order valence-electron chi connectivity index (χ1n) is 22.0. The van der Waals surface area contributed by atoms with Gasteiger partial charge in [-0.1, -0.05) is 73.3 Å². The smallest absolute Gasteiger partial charge is 0.303 e. The summed E-state index contributed by atoms with van der Waals surface area (Å²) < 4.78 is 72.6. The number of phenols is 1. The lowest BCUT2D eigenvalue weighted by molar-refractivity contribution is -0.341. The van der Waals surface area contributed by atoms with Gasteiger partial charge in [-0.3, -0.25) is 24.0 Å². The number of fused-ring (bicyclic) bond motifs is 1. The Balaban J connectivity index is 1.26. The van der Waals surface area contributed by atoms with Gasteiger partial charge in [0.25, 0.3) is 0 Å². The van der Waals surface area contributed by atoms with Crippen LogP contribution in [0.4, 0.5) is 0 Å². The van der Waals surface area contributed by atoms with Gasteiger partial charge in [0.15, 0.2) is 30.4 Å². The summed E-state index contributed by atoms with van der Waals surface area (Å²) in [5, 5.41) is 10.9. The molecule has 0 saturated carbocycles. The molecule has 0 unspecified atom stereocenters. The molecule has 4 aromatic carbocycles. The van der Waals surface area contributed by atoms with Crippen LogP contribution < -0.4 is 19.6 Å². The Morgan fingerprint density at radius 3 is 1.93 bits per heavy atom. The third kappa shape index (κ3) is 12.5. The minimum Gasteiger partial charge on any atom is -0.507 e. The highest BCUT2D eigenvalue weighted by molar-refractivity contribution is 5.88. The number of hydrogen-bond acceptors (Lipinski definition) is 18. The van der Waals surface area contributed by atoms with Crippen molar-refractivity contribution in [2.24, 2.45) is 0 Å². The molecule has 0 aliphatic carbocycles. The minimum atomic E-state index is -1.71. The monoisotopic (exact) mass is 952 g/mol. The molecule has 69 heavy (non-hydrogen) atoms. The van der Waals surface area contributed by atoms with E-state index in [-0.39, 0.29) is 48.9 Å². The molecule has 7 rings (SSSR count). The molecule has 0 spiro atoms. The van der Waals surface area contributed by atoms with E-state index in [1.807, 2.05) is 36.4 Å². The highest BCUT2D eigenvalue weighted by atomic mass is 16.8. The summed E-state index contributed by atoms with van der Waals surface area (Å²) in [5.74, 6) is -3.50. The molecule has 1 aromatic heterocycles. The van der Waals surface area contributed by atoms with Crippen LogP contribution in [0, 0.1) is 0 Å². The van der Waals surface area contributed by atoms with Crippen LogP contribution in [0.1, 0.15) is 45.7 Å². The molecule has 0 amide bonds. The number of ether oxygens (including phenoxy) is 11. The van der Waals surface area contributed by atoms with Crippen LogP contribution in [-0.2, 0) is 70.3 Å². The van der Waals surface area contributed by atoms with E-state index < -0.39 is 96.1 Å². The van der Waals surface area contributed by atoms with Crippen molar-refractivity contribution in [3.63, 3.8) is 0 Å². The first-order chi connectivity index (χ1) is 33.2. The normalized spacial score (nSPS) is 23.2. The number of aromatic hydroxyl groups is 1. The van der Waals surface area contributed by atoms with Crippen molar-refractivity contribution in [2.75, 3.05) is 13.2 Å². The third-order valence-electron chi connectivity index (χ3n) is 10.8. The SMILES string of the molecule is C=CCOc1cc(O)c2c(=O)c(O[C@@H]3O[C@@H](C)[C@H](O[C@H]4OC[C@H](OC(C)=O)[C@H](OC(C)=O)[C@H]4OCc4ccccc4)[C@@H](OC(C)=O)[C@H]3OC(C)=O)c(-c3ccc(OCc4ccccc4)cc3)oc2c1. The zero-order chi connectivity index (χ0) is 49.2. The van der Waals surface area contributed by atoms with Gasteiger partial charge in [-0.05, 0) is 42.3 Å². The Labute approximate surface area is 396 Å². The maximum Gasteiger partial charge on any atom is 0.303 e. The Bertz CT molecular complexity index is 2650. The van der Waals surface area contributed by atoms with Gasteiger partial charge in [-0.2, -0.15) is 0 Å². The van der Waals surface area contributed by atoms with Gasteiger partial charge in [0.2, 0.25) is 23.6 Å². The topological polar surface area (TPSA) is 220 Å². The summed E-state index contributed by atoms with van der Waals surface area (Å²) >= 11 is 0. The van der Waals surface area contributed by atoms with Gasteiger partial charge in [-0.15, -0.1) is 0 Å². The molecule has 9 atom stereocenters. The largest absolute Gasteiger partial charge is 0.507 e.